The van der Waals surface area contributed by atoms with Crippen LogP contribution in [0.15, 0.2) is 42.9 Å². The second kappa shape index (κ2) is 4.85. The molecule has 0 saturated heterocycles. The van der Waals surface area contributed by atoms with E-state index in [1.165, 1.54) is 7.11 Å². The van der Waals surface area contributed by atoms with Crippen molar-refractivity contribution >= 4 is 22.5 Å². The van der Waals surface area contributed by atoms with Crippen molar-refractivity contribution in [1.29, 1.82) is 0 Å². The van der Waals surface area contributed by atoms with E-state index in [4.69, 9.17) is 4.74 Å². The zero-order chi connectivity index (χ0) is 13.1. The maximum absolute atomic E-state index is 4.90. The first kappa shape index (κ1) is 11.3. The molecule has 0 radical (unpaired) electrons. The molecule has 0 aliphatic carbocycles. The summed E-state index contributed by atoms with van der Waals surface area (Å²) in [7, 11) is 1.52. The van der Waals surface area contributed by atoms with Crippen molar-refractivity contribution in [2.24, 2.45) is 0 Å². The molecule has 3 rings (SSSR count). The highest BCUT2D eigenvalue weighted by Crippen LogP contribution is 2.15. The Bertz CT molecular complexity index is 699. The Morgan fingerprint density at radius 2 is 1.79 bits per heavy atom. The van der Waals surface area contributed by atoms with E-state index in [2.05, 4.69) is 25.3 Å². The van der Waals surface area contributed by atoms with Crippen molar-refractivity contribution in [1.82, 2.24) is 19.9 Å². The number of hydrogen-bond donors (Lipinski definition) is 1. The fraction of sp³-hybridized carbons (Fsp3) is 0.0769. The fourth-order valence-corrected chi connectivity index (χ4v) is 1.65. The highest BCUT2D eigenvalue weighted by molar-refractivity contribution is 5.78. The molecule has 1 N–H and O–H groups in total. The molecule has 6 nitrogen and oxygen atoms in total. The molecule has 0 fully saturated rings. The van der Waals surface area contributed by atoms with Crippen molar-refractivity contribution < 1.29 is 4.74 Å². The van der Waals surface area contributed by atoms with Crippen LogP contribution in [0.1, 0.15) is 0 Å². The number of anilines is 2. The standard InChI is InChI=1S/C13H11N5O/c1-19-13-15-7-10(8-16-13)17-12-14-6-9-4-2-3-5-11(9)18-12/h2-8H,1H3,(H,14,17,18). The van der Waals surface area contributed by atoms with Gasteiger partial charge in [0.25, 0.3) is 0 Å². The third-order valence-electron chi connectivity index (χ3n) is 2.56. The van der Waals surface area contributed by atoms with Gasteiger partial charge >= 0.3 is 6.01 Å². The number of aromatic nitrogens is 4. The highest BCUT2D eigenvalue weighted by atomic mass is 16.5. The Kier molecular flexibility index (Phi) is 2.89. The van der Waals surface area contributed by atoms with Crippen LogP contribution in [0.5, 0.6) is 6.01 Å². The summed E-state index contributed by atoms with van der Waals surface area (Å²) in [5, 5.41) is 4.04. The minimum absolute atomic E-state index is 0.324. The minimum atomic E-state index is 0.324. The topological polar surface area (TPSA) is 72.8 Å². The molecule has 6 heteroatoms. The predicted octanol–water partition coefficient (Wildman–Crippen LogP) is 2.17. The van der Waals surface area contributed by atoms with Crippen LogP contribution < -0.4 is 10.1 Å². The number of nitrogens with one attached hydrogen (secondary N) is 1. The first-order valence-electron chi connectivity index (χ1n) is 5.70. The third-order valence-corrected chi connectivity index (χ3v) is 2.56. The fourth-order valence-electron chi connectivity index (χ4n) is 1.65. The number of para-hydroxylation sites is 1. The zero-order valence-electron chi connectivity index (χ0n) is 10.2. The summed E-state index contributed by atoms with van der Waals surface area (Å²) in [5.74, 6) is 0.507. The number of nitrogens with zero attached hydrogens (tertiary/aromatic N) is 4. The Morgan fingerprint density at radius 3 is 2.58 bits per heavy atom. The maximum Gasteiger partial charge on any atom is 0.316 e. The molecule has 2 aromatic heterocycles. The van der Waals surface area contributed by atoms with Gasteiger partial charge in [0, 0.05) is 11.6 Å². The lowest BCUT2D eigenvalue weighted by Gasteiger charge is -2.05. The maximum atomic E-state index is 4.90. The average molecular weight is 253 g/mol. The molecule has 19 heavy (non-hydrogen) atoms. The van der Waals surface area contributed by atoms with Gasteiger partial charge in [-0.25, -0.2) is 19.9 Å². The molecule has 0 saturated carbocycles. The van der Waals surface area contributed by atoms with Gasteiger partial charge in [-0.15, -0.1) is 0 Å². The normalized spacial score (nSPS) is 10.4. The quantitative estimate of drug-likeness (QED) is 0.771. The molecule has 0 bridgehead atoms. The molecule has 1 aromatic carbocycles. The van der Waals surface area contributed by atoms with Gasteiger partial charge in [-0.05, 0) is 6.07 Å². The highest BCUT2D eigenvalue weighted by Gasteiger charge is 2.01. The van der Waals surface area contributed by atoms with Gasteiger partial charge in [-0.1, -0.05) is 18.2 Å². The zero-order valence-corrected chi connectivity index (χ0v) is 10.2. The SMILES string of the molecule is COc1ncc(Nc2ncc3ccccc3n2)cn1. The summed E-state index contributed by atoms with van der Waals surface area (Å²) in [6.07, 6.45) is 5.00. The summed E-state index contributed by atoms with van der Waals surface area (Å²) >= 11 is 0. The lowest BCUT2D eigenvalue weighted by atomic mass is 10.2. The molecule has 2 heterocycles. The van der Waals surface area contributed by atoms with Gasteiger partial charge in [-0.2, -0.15) is 0 Å². The van der Waals surface area contributed by atoms with Gasteiger partial charge in [0.2, 0.25) is 5.95 Å². The largest absolute Gasteiger partial charge is 0.467 e. The lowest BCUT2D eigenvalue weighted by molar-refractivity contribution is 0.380. The smallest absolute Gasteiger partial charge is 0.316 e. The predicted molar refractivity (Wildman–Crippen MR) is 71.4 cm³/mol. The average Bonchev–Trinajstić information content (AvgIpc) is 2.48. The summed E-state index contributed by atoms with van der Waals surface area (Å²) < 4.78 is 4.90. The van der Waals surface area contributed by atoms with E-state index < -0.39 is 0 Å². The van der Waals surface area contributed by atoms with Crippen molar-refractivity contribution in [3.8, 4) is 6.01 Å². The molecule has 94 valence electrons. The first-order valence-corrected chi connectivity index (χ1v) is 5.70. The van der Waals surface area contributed by atoms with E-state index in [0.717, 1.165) is 10.9 Å². The molecule has 0 atom stereocenters. The second-order valence-corrected chi connectivity index (χ2v) is 3.84. The van der Waals surface area contributed by atoms with Crippen LogP contribution in [0.25, 0.3) is 10.9 Å². The van der Waals surface area contributed by atoms with Crippen molar-refractivity contribution in [2.45, 2.75) is 0 Å². The Balaban J connectivity index is 1.87. The molecule has 0 unspecified atom stereocenters. The van der Waals surface area contributed by atoms with Crippen LogP contribution >= 0.6 is 0 Å². The van der Waals surface area contributed by atoms with Crippen LogP contribution in [0.2, 0.25) is 0 Å². The van der Waals surface area contributed by atoms with E-state index in [0.29, 0.717) is 17.6 Å². The molecule has 0 amide bonds. The number of hydrogen-bond acceptors (Lipinski definition) is 6. The van der Waals surface area contributed by atoms with Crippen LogP contribution in [0.4, 0.5) is 11.6 Å². The van der Waals surface area contributed by atoms with Crippen molar-refractivity contribution in [2.75, 3.05) is 12.4 Å². The number of fused-ring (bicyclic) bond motifs is 1. The van der Waals surface area contributed by atoms with Gasteiger partial charge in [0.1, 0.15) is 0 Å². The summed E-state index contributed by atoms with van der Waals surface area (Å²) in [6.45, 7) is 0. The Labute approximate surface area is 109 Å². The van der Waals surface area contributed by atoms with E-state index in [-0.39, 0.29) is 0 Å². The first-order chi connectivity index (χ1) is 9.35. The molecular weight excluding hydrogens is 242 g/mol. The van der Waals surface area contributed by atoms with Crippen LogP contribution in [0, 0.1) is 0 Å². The van der Waals surface area contributed by atoms with Crippen molar-refractivity contribution in [3.63, 3.8) is 0 Å². The molecule has 3 aromatic rings. The van der Waals surface area contributed by atoms with E-state index in [1.807, 2.05) is 24.3 Å². The molecule has 0 aliphatic heterocycles. The molecular formula is C13H11N5O. The number of ether oxygens (including phenoxy) is 1. The van der Waals surface area contributed by atoms with Crippen LogP contribution in [0.3, 0.4) is 0 Å². The van der Waals surface area contributed by atoms with Crippen molar-refractivity contribution in [3.05, 3.63) is 42.9 Å². The third kappa shape index (κ3) is 2.42. The van der Waals surface area contributed by atoms with E-state index in [9.17, 15) is 0 Å². The van der Waals surface area contributed by atoms with Crippen LogP contribution in [-0.4, -0.2) is 27.0 Å². The Morgan fingerprint density at radius 1 is 1.00 bits per heavy atom. The van der Waals surface area contributed by atoms with Crippen LogP contribution in [-0.2, 0) is 0 Å². The van der Waals surface area contributed by atoms with Gasteiger partial charge < -0.3 is 10.1 Å². The van der Waals surface area contributed by atoms with E-state index in [1.54, 1.807) is 18.6 Å². The van der Waals surface area contributed by atoms with Gasteiger partial charge in [-0.3, -0.25) is 0 Å². The number of rotatable bonds is 3. The Hall–Kier alpha value is -2.76. The monoisotopic (exact) mass is 253 g/mol. The van der Waals surface area contributed by atoms with E-state index >= 15 is 0 Å². The number of methoxy groups -OCH3 is 1. The summed E-state index contributed by atoms with van der Waals surface area (Å²) in [4.78, 5) is 16.6. The summed E-state index contributed by atoms with van der Waals surface area (Å²) in [5.41, 5.74) is 1.59. The second-order valence-electron chi connectivity index (χ2n) is 3.84. The van der Waals surface area contributed by atoms with Gasteiger partial charge in [0.15, 0.2) is 0 Å². The lowest BCUT2D eigenvalue weighted by Crippen LogP contribution is -1.99. The van der Waals surface area contributed by atoms with Gasteiger partial charge in [0.05, 0.1) is 30.7 Å². The summed E-state index contributed by atoms with van der Waals surface area (Å²) in [6, 6.07) is 8.12. The molecule has 0 spiro atoms. The number of benzene rings is 1. The molecule has 0 aliphatic rings. The minimum Gasteiger partial charge on any atom is -0.467 e.